The molecule has 1 aliphatic heterocycles. The molecule has 0 saturated heterocycles. The number of imide groups is 1. The molecule has 3 aromatic rings. The van der Waals surface area contributed by atoms with E-state index >= 15 is 0 Å². The number of aryl methyl sites for hydroxylation is 1. The fourth-order valence-corrected chi connectivity index (χ4v) is 3.91. The molecule has 1 aliphatic rings. The van der Waals surface area contributed by atoms with Crippen molar-refractivity contribution >= 4 is 40.7 Å². The molecule has 0 radical (unpaired) electrons. The molecular weight excluding hydrogens is 484 g/mol. The molecule has 3 amide bonds. The van der Waals surface area contributed by atoms with Gasteiger partial charge in [-0.05, 0) is 36.2 Å². The van der Waals surface area contributed by atoms with Crippen LogP contribution in [0.25, 0.3) is 0 Å². The predicted molar refractivity (Wildman–Crippen MR) is 134 cm³/mol. The summed E-state index contributed by atoms with van der Waals surface area (Å²) in [6.45, 7) is 1.94. The average Bonchev–Trinajstić information content (AvgIpc) is 3.07. The Morgan fingerprint density at radius 3 is 2.33 bits per heavy atom. The second-order valence-electron chi connectivity index (χ2n) is 8.13. The number of nitro benzene ring substituents is 1. The van der Waals surface area contributed by atoms with Crippen LogP contribution in [0.5, 0.6) is 0 Å². The molecule has 0 spiro atoms. The van der Waals surface area contributed by atoms with Crippen molar-refractivity contribution in [2.24, 2.45) is 0 Å². The molecule has 182 valence electrons. The predicted octanol–water partition coefficient (Wildman–Crippen LogP) is 4.26. The summed E-state index contributed by atoms with van der Waals surface area (Å²) in [5.74, 6) is -1.49. The lowest BCUT2D eigenvalue weighted by molar-refractivity contribution is -0.385. The third-order valence-corrected chi connectivity index (χ3v) is 5.99. The summed E-state index contributed by atoms with van der Waals surface area (Å²) < 4.78 is 0. The maximum Gasteiger partial charge on any atom is 0.278 e. The monoisotopic (exact) mass is 504 g/mol. The lowest BCUT2D eigenvalue weighted by Crippen LogP contribution is -2.33. The third-order valence-electron chi connectivity index (χ3n) is 5.64. The first-order valence-corrected chi connectivity index (χ1v) is 11.3. The molecule has 0 bridgehead atoms. The van der Waals surface area contributed by atoms with Gasteiger partial charge in [0.25, 0.3) is 23.4 Å². The van der Waals surface area contributed by atoms with Gasteiger partial charge in [0.05, 0.1) is 11.5 Å². The number of benzene rings is 3. The highest BCUT2D eigenvalue weighted by Crippen LogP contribution is 2.25. The summed E-state index contributed by atoms with van der Waals surface area (Å²) >= 11 is 6.14. The molecule has 4 rings (SSSR count). The van der Waals surface area contributed by atoms with Crippen LogP contribution in [0.4, 0.5) is 11.4 Å². The highest BCUT2D eigenvalue weighted by Gasteiger charge is 2.37. The fourth-order valence-electron chi connectivity index (χ4n) is 3.66. The van der Waals surface area contributed by atoms with E-state index in [4.69, 9.17) is 11.6 Å². The molecular formula is C26H21ClN4O5. The lowest BCUT2D eigenvalue weighted by atomic mass is 10.1. The number of hydrogen-bond acceptors (Lipinski definition) is 6. The highest BCUT2D eigenvalue weighted by molar-refractivity contribution is 6.47. The first-order chi connectivity index (χ1) is 17.2. The van der Waals surface area contributed by atoms with E-state index in [1.54, 1.807) is 43.3 Å². The van der Waals surface area contributed by atoms with Crippen molar-refractivity contribution in [3.63, 3.8) is 0 Å². The van der Waals surface area contributed by atoms with Gasteiger partial charge >= 0.3 is 0 Å². The Kier molecular flexibility index (Phi) is 7.12. The number of nitrogens with zero attached hydrogens (tertiary/aromatic N) is 2. The average molecular weight is 505 g/mol. The molecule has 1 heterocycles. The molecule has 0 saturated carbocycles. The maximum atomic E-state index is 12.8. The molecule has 0 fully saturated rings. The van der Waals surface area contributed by atoms with E-state index in [0.717, 1.165) is 16.0 Å². The topological polar surface area (TPSA) is 122 Å². The van der Waals surface area contributed by atoms with Gasteiger partial charge in [0.1, 0.15) is 10.7 Å². The number of anilines is 1. The van der Waals surface area contributed by atoms with Crippen LogP contribution < -0.4 is 10.6 Å². The summed E-state index contributed by atoms with van der Waals surface area (Å²) in [5.41, 5.74) is 2.66. The van der Waals surface area contributed by atoms with Crippen LogP contribution in [-0.2, 0) is 22.7 Å². The molecule has 0 unspecified atom stereocenters. The van der Waals surface area contributed by atoms with Crippen molar-refractivity contribution in [2.75, 3.05) is 5.32 Å². The second kappa shape index (κ2) is 10.4. The zero-order chi connectivity index (χ0) is 25.8. The van der Waals surface area contributed by atoms with Crippen molar-refractivity contribution < 1.29 is 19.3 Å². The SMILES string of the molecule is Cc1ccc(NC(=O)c2ccc(CNC3=C(Cl)C(=O)N(Cc4ccccc4)C3=O)cc2)cc1[N+](=O)[O-]. The van der Waals surface area contributed by atoms with Gasteiger partial charge in [0.15, 0.2) is 0 Å². The standard InChI is InChI=1S/C26H21ClN4O5/c1-16-7-12-20(13-21(16)31(35)36)29-24(32)19-10-8-17(9-11-19)14-28-23-22(27)25(33)30(26(23)34)15-18-5-3-2-4-6-18/h2-13,28H,14-15H2,1H3,(H,29,32). The van der Waals surface area contributed by atoms with Crippen molar-refractivity contribution in [3.05, 3.63) is 116 Å². The van der Waals surface area contributed by atoms with Crippen LogP contribution in [-0.4, -0.2) is 27.5 Å². The second-order valence-corrected chi connectivity index (χ2v) is 8.51. The molecule has 0 aliphatic carbocycles. The van der Waals surface area contributed by atoms with Crippen LogP contribution >= 0.6 is 11.6 Å². The van der Waals surface area contributed by atoms with Gasteiger partial charge in [0, 0.05) is 29.4 Å². The first kappa shape index (κ1) is 24.6. The zero-order valence-electron chi connectivity index (χ0n) is 19.2. The van der Waals surface area contributed by atoms with Gasteiger partial charge in [0.2, 0.25) is 0 Å². The quantitative estimate of drug-likeness (QED) is 0.268. The fraction of sp³-hybridized carbons (Fsp3) is 0.115. The van der Waals surface area contributed by atoms with Gasteiger partial charge in [-0.1, -0.05) is 60.1 Å². The number of carbonyl (C=O) groups excluding carboxylic acids is 3. The minimum absolute atomic E-state index is 0.0281. The lowest BCUT2D eigenvalue weighted by Gasteiger charge is -2.15. The van der Waals surface area contributed by atoms with Crippen molar-refractivity contribution in [2.45, 2.75) is 20.0 Å². The largest absolute Gasteiger partial charge is 0.375 e. The number of nitrogens with one attached hydrogen (secondary N) is 2. The van der Waals surface area contributed by atoms with E-state index in [9.17, 15) is 24.5 Å². The van der Waals surface area contributed by atoms with Crippen molar-refractivity contribution in [1.82, 2.24) is 10.2 Å². The Hall–Kier alpha value is -4.50. The van der Waals surface area contributed by atoms with Crippen molar-refractivity contribution in [3.8, 4) is 0 Å². The summed E-state index contributed by atoms with van der Waals surface area (Å²) in [6.07, 6.45) is 0. The van der Waals surface area contributed by atoms with Crippen LogP contribution in [0.1, 0.15) is 27.0 Å². The van der Waals surface area contributed by atoms with E-state index < -0.39 is 22.6 Å². The Labute approximate surface area is 211 Å². The number of hydrogen-bond donors (Lipinski definition) is 2. The van der Waals surface area contributed by atoms with E-state index in [1.165, 1.54) is 6.07 Å². The van der Waals surface area contributed by atoms with Gasteiger partial charge in [-0.2, -0.15) is 0 Å². The van der Waals surface area contributed by atoms with Gasteiger partial charge in [-0.15, -0.1) is 0 Å². The van der Waals surface area contributed by atoms with Gasteiger partial charge in [-0.25, -0.2) is 0 Å². The maximum absolute atomic E-state index is 12.8. The Morgan fingerprint density at radius 1 is 0.972 bits per heavy atom. The summed E-state index contributed by atoms with van der Waals surface area (Å²) in [7, 11) is 0. The number of rotatable bonds is 8. The molecule has 2 N–H and O–H groups in total. The Balaban J connectivity index is 1.37. The van der Waals surface area contributed by atoms with Crippen molar-refractivity contribution in [1.29, 1.82) is 0 Å². The number of nitro groups is 1. The summed E-state index contributed by atoms with van der Waals surface area (Å²) in [4.78, 5) is 49.5. The van der Waals surface area contributed by atoms with Crippen LogP contribution in [0.3, 0.4) is 0 Å². The molecule has 3 aromatic carbocycles. The smallest absolute Gasteiger partial charge is 0.278 e. The minimum Gasteiger partial charge on any atom is -0.375 e. The highest BCUT2D eigenvalue weighted by atomic mass is 35.5. The normalized spacial score (nSPS) is 13.2. The van der Waals surface area contributed by atoms with E-state index in [2.05, 4.69) is 10.6 Å². The molecule has 9 nitrogen and oxygen atoms in total. The van der Waals surface area contributed by atoms with Crippen LogP contribution in [0.15, 0.2) is 83.5 Å². The van der Waals surface area contributed by atoms with Gasteiger partial charge < -0.3 is 10.6 Å². The number of amides is 3. The zero-order valence-corrected chi connectivity index (χ0v) is 19.9. The van der Waals surface area contributed by atoms with Crippen LogP contribution in [0.2, 0.25) is 0 Å². The van der Waals surface area contributed by atoms with Crippen LogP contribution in [0, 0.1) is 17.0 Å². The Morgan fingerprint density at radius 2 is 1.67 bits per heavy atom. The molecule has 36 heavy (non-hydrogen) atoms. The molecule has 0 atom stereocenters. The molecule has 10 heteroatoms. The van der Waals surface area contributed by atoms with E-state index in [0.29, 0.717) is 16.8 Å². The summed E-state index contributed by atoms with van der Waals surface area (Å²) in [6, 6.07) is 20.2. The van der Waals surface area contributed by atoms with E-state index in [1.807, 2.05) is 30.3 Å². The summed E-state index contributed by atoms with van der Waals surface area (Å²) in [5, 5.41) is 16.5. The third kappa shape index (κ3) is 5.26. The number of carbonyl (C=O) groups is 3. The van der Waals surface area contributed by atoms with E-state index in [-0.39, 0.29) is 29.5 Å². The first-order valence-electron chi connectivity index (χ1n) is 10.9. The molecule has 0 aromatic heterocycles. The minimum atomic E-state index is -0.559. The van der Waals surface area contributed by atoms with Gasteiger partial charge in [-0.3, -0.25) is 29.4 Å². The number of halogens is 1. The Bertz CT molecular complexity index is 1390.